The second-order valence-corrected chi connectivity index (χ2v) is 6.99. The van der Waals surface area contributed by atoms with E-state index in [2.05, 4.69) is 9.93 Å². The molecule has 2 N–H and O–H groups in total. The topological polar surface area (TPSA) is 106 Å². The van der Waals surface area contributed by atoms with Crippen LogP contribution in [-0.2, 0) is 10.0 Å². The highest BCUT2D eigenvalue weighted by atomic mass is 35.5. The molecule has 0 heterocycles. The van der Waals surface area contributed by atoms with Crippen molar-refractivity contribution in [1.29, 1.82) is 0 Å². The molecule has 2 aromatic rings. The van der Waals surface area contributed by atoms with Crippen molar-refractivity contribution >= 4 is 27.8 Å². The van der Waals surface area contributed by atoms with Crippen LogP contribution in [0.4, 0.5) is 0 Å². The van der Waals surface area contributed by atoms with E-state index in [0.717, 1.165) is 0 Å². The first-order valence-corrected chi connectivity index (χ1v) is 9.02. The van der Waals surface area contributed by atoms with Gasteiger partial charge in [0.2, 0.25) is 5.75 Å². The second-order valence-electron chi connectivity index (χ2n) is 4.92. The quantitative estimate of drug-likeness (QED) is 0.546. The van der Waals surface area contributed by atoms with Crippen molar-refractivity contribution in [3.63, 3.8) is 0 Å². The Balaban J connectivity index is 2.29. The van der Waals surface area contributed by atoms with Gasteiger partial charge in [-0.1, -0.05) is 11.6 Å². The van der Waals surface area contributed by atoms with E-state index in [9.17, 15) is 13.5 Å². The van der Waals surface area contributed by atoms with Gasteiger partial charge in [-0.05, 0) is 30.3 Å². The zero-order valence-electron chi connectivity index (χ0n) is 14.2. The predicted octanol–water partition coefficient (Wildman–Crippen LogP) is 2.38. The first kappa shape index (κ1) is 19.7. The summed E-state index contributed by atoms with van der Waals surface area (Å²) in [5, 5.41) is 13.8. The molecular weight excluding hydrogens is 384 g/mol. The molecule has 0 radical (unpaired) electrons. The molecule has 140 valence electrons. The molecule has 0 bridgehead atoms. The molecule has 0 aliphatic heterocycles. The maximum absolute atomic E-state index is 12.4. The van der Waals surface area contributed by atoms with Crippen LogP contribution in [0.3, 0.4) is 0 Å². The van der Waals surface area contributed by atoms with Crippen molar-refractivity contribution in [3.8, 4) is 23.0 Å². The SMILES string of the molecule is COc1ccc(Cl)cc1S(=O)(=O)N/N=C/c1cc(OC)c(O)c(OC)c1. The Labute approximate surface area is 156 Å². The van der Waals surface area contributed by atoms with Crippen molar-refractivity contribution in [2.75, 3.05) is 21.3 Å². The number of nitrogens with one attached hydrogen (secondary N) is 1. The first-order valence-electron chi connectivity index (χ1n) is 7.15. The summed E-state index contributed by atoms with van der Waals surface area (Å²) in [7, 11) is 0.100. The molecule has 0 amide bonds. The maximum atomic E-state index is 12.4. The Hall–Kier alpha value is -2.65. The van der Waals surface area contributed by atoms with Crippen molar-refractivity contribution in [2.45, 2.75) is 4.90 Å². The van der Waals surface area contributed by atoms with E-state index in [-0.39, 0.29) is 32.9 Å². The average Bonchev–Trinajstić information content (AvgIpc) is 2.62. The number of nitrogens with zero attached hydrogens (tertiary/aromatic N) is 1. The summed E-state index contributed by atoms with van der Waals surface area (Å²) in [6.07, 6.45) is 1.24. The molecule has 8 nitrogen and oxygen atoms in total. The highest BCUT2D eigenvalue weighted by Gasteiger charge is 2.19. The number of rotatable bonds is 7. The van der Waals surface area contributed by atoms with Gasteiger partial charge in [-0.2, -0.15) is 18.4 Å². The summed E-state index contributed by atoms with van der Waals surface area (Å²) in [4.78, 5) is 1.93. The number of sulfonamides is 1. The molecule has 0 saturated carbocycles. The summed E-state index contributed by atoms with van der Waals surface area (Å²) in [5.74, 6) is 0.275. The number of hydrazone groups is 1. The fraction of sp³-hybridized carbons (Fsp3) is 0.188. The van der Waals surface area contributed by atoms with Crippen molar-refractivity contribution in [1.82, 2.24) is 4.83 Å². The lowest BCUT2D eigenvalue weighted by Gasteiger charge is -2.10. The Kier molecular flexibility index (Phi) is 6.17. The van der Waals surface area contributed by atoms with Crippen LogP contribution in [0.1, 0.15) is 5.56 Å². The highest BCUT2D eigenvalue weighted by molar-refractivity contribution is 7.89. The smallest absolute Gasteiger partial charge is 0.280 e. The van der Waals surface area contributed by atoms with Gasteiger partial charge in [-0.3, -0.25) is 0 Å². The summed E-state index contributed by atoms with van der Waals surface area (Å²) >= 11 is 5.85. The number of phenols is 1. The van der Waals surface area contributed by atoms with Gasteiger partial charge in [0.05, 0.1) is 27.5 Å². The molecule has 0 aromatic heterocycles. The predicted molar refractivity (Wildman–Crippen MR) is 97.1 cm³/mol. The van der Waals surface area contributed by atoms with Gasteiger partial charge in [-0.15, -0.1) is 0 Å². The van der Waals surface area contributed by atoms with Crippen LogP contribution in [0, 0.1) is 0 Å². The summed E-state index contributed by atoms with van der Waals surface area (Å²) in [6.45, 7) is 0. The minimum absolute atomic E-state index is 0.130. The van der Waals surface area contributed by atoms with Gasteiger partial charge in [0, 0.05) is 10.6 Å². The zero-order valence-corrected chi connectivity index (χ0v) is 15.8. The molecule has 0 atom stereocenters. The Morgan fingerprint density at radius 2 is 1.62 bits per heavy atom. The van der Waals surface area contributed by atoms with Gasteiger partial charge in [-0.25, -0.2) is 0 Å². The van der Waals surface area contributed by atoms with E-state index < -0.39 is 10.0 Å². The lowest BCUT2D eigenvalue weighted by Crippen LogP contribution is -2.19. The number of halogens is 1. The lowest BCUT2D eigenvalue weighted by atomic mass is 10.2. The van der Waals surface area contributed by atoms with E-state index in [1.54, 1.807) is 0 Å². The summed E-state index contributed by atoms with van der Waals surface area (Å²) in [5.41, 5.74) is 0.442. The van der Waals surface area contributed by atoms with Crippen LogP contribution in [-0.4, -0.2) is 41.1 Å². The monoisotopic (exact) mass is 400 g/mol. The van der Waals surface area contributed by atoms with E-state index in [0.29, 0.717) is 5.56 Å². The third-order valence-electron chi connectivity index (χ3n) is 3.30. The molecule has 0 aliphatic carbocycles. The van der Waals surface area contributed by atoms with Crippen LogP contribution in [0.5, 0.6) is 23.0 Å². The number of ether oxygens (including phenoxy) is 3. The van der Waals surface area contributed by atoms with Crippen molar-refractivity contribution in [2.24, 2.45) is 5.10 Å². The Morgan fingerprint density at radius 1 is 1.04 bits per heavy atom. The van der Waals surface area contributed by atoms with Crippen LogP contribution in [0.15, 0.2) is 40.3 Å². The number of phenolic OH excluding ortho intramolecular Hbond substituents is 1. The molecule has 2 aromatic carbocycles. The molecule has 26 heavy (non-hydrogen) atoms. The second kappa shape index (κ2) is 8.15. The standard InChI is InChI=1S/C16H17ClN2O6S/c1-23-12-5-4-11(17)8-15(12)26(21,22)19-18-9-10-6-13(24-2)16(20)14(7-10)25-3/h4-9,19-20H,1-3H3/b18-9+. The third kappa shape index (κ3) is 4.30. The van der Waals surface area contributed by atoms with Crippen LogP contribution < -0.4 is 19.0 Å². The van der Waals surface area contributed by atoms with E-state index in [4.69, 9.17) is 25.8 Å². The van der Waals surface area contributed by atoms with Crippen molar-refractivity contribution in [3.05, 3.63) is 40.9 Å². The fourth-order valence-corrected chi connectivity index (χ4v) is 3.29. The molecule has 2 rings (SSSR count). The van der Waals surface area contributed by atoms with Gasteiger partial charge in [0.1, 0.15) is 10.6 Å². The molecule has 0 spiro atoms. The number of aromatic hydroxyl groups is 1. The number of hydrogen-bond donors (Lipinski definition) is 2. The summed E-state index contributed by atoms with van der Waals surface area (Å²) in [6, 6.07) is 7.14. The average molecular weight is 401 g/mol. The Morgan fingerprint density at radius 3 is 2.15 bits per heavy atom. The van der Waals surface area contributed by atoms with Gasteiger partial charge < -0.3 is 19.3 Å². The third-order valence-corrected chi connectivity index (χ3v) is 4.78. The lowest BCUT2D eigenvalue weighted by molar-refractivity contribution is 0.340. The number of hydrogen-bond acceptors (Lipinski definition) is 7. The van der Waals surface area contributed by atoms with Gasteiger partial charge >= 0.3 is 0 Å². The zero-order chi connectivity index (χ0) is 19.3. The number of benzene rings is 2. The normalized spacial score (nSPS) is 11.4. The van der Waals surface area contributed by atoms with E-state index >= 15 is 0 Å². The molecule has 0 saturated heterocycles. The van der Waals surface area contributed by atoms with Gasteiger partial charge in [0.25, 0.3) is 10.0 Å². The molecule has 0 fully saturated rings. The largest absolute Gasteiger partial charge is 0.502 e. The minimum Gasteiger partial charge on any atom is -0.502 e. The van der Waals surface area contributed by atoms with Crippen molar-refractivity contribution < 1.29 is 27.7 Å². The van der Waals surface area contributed by atoms with Crippen LogP contribution >= 0.6 is 11.6 Å². The molecule has 10 heteroatoms. The van der Waals surface area contributed by atoms with Crippen LogP contribution in [0.2, 0.25) is 5.02 Å². The van der Waals surface area contributed by atoms with Crippen LogP contribution in [0.25, 0.3) is 0 Å². The molecule has 0 unspecified atom stereocenters. The number of methoxy groups -OCH3 is 3. The van der Waals surface area contributed by atoms with Gasteiger partial charge in [0.15, 0.2) is 11.5 Å². The Bertz CT molecular complexity index is 905. The molecule has 0 aliphatic rings. The first-order chi connectivity index (χ1) is 12.3. The summed E-state index contributed by atoms with van der Waals surface area (Å²) < 4.78 is 39.9. The maximum Gasteiger partial charge on any atom is 0.280 e. The fourth-order valence-electron chi connectivity index (χ4n) is 2.07. The minimum atomic E-state index is -4.00. The molecular formula is C16H17ClN2O6S. The highest BCUT2D eigenvalue weighted by Crippen LogP contribution is 2.36. The van der Waals surface area contributed by atoms with E-state index in [1.165, 1.54) is 57.9 Å². The van der Waals surface area contributed by atoms with E-state index in [1.807, 2.05) is 0 Å².